The third-order valence-corrected chi connectivity index (χ3v) is 3.59. The molecule has 0 amide bonds. The zero-order valence-corrected chi connectivity index (χ0v) is 13.6. The molecular formula is C17H17F3N2S. The summed E-state index contributed by atoms with van der Waals surface area (Å²) in [7, 11) is 0. The van der Waals surface area contributed by atoms with Gasteiger partial charge in [-0.1, -0.05) is 35.9 Å². The maximum atomic E-state index is 12.7. The Kier molecular flexibility index (Phi) is 5.26. The van der Waals surface area contributed by atoms with Gasteiger partial charge in [0.25, 0.3) is 0 Å². The molecule has 0 bridgehead atoms. The fraction of sp³-hybridized carbons (Fsp3) is 0.235. The van der Waals surface area contributed by atoms with E-state index in [0.717, 1.165) is 23.3 Å². The second-order valence-electron chi connectivity index (χ2n) is 5.31. The van der Waals surface area contributed by atoms with Crippen molar-refractivity contribution in [3.8, 4) is 0 Å². The highest BCUT2D eigenvalue weighted by molar-refractivity contribution is 7.80. The van der Waals surface area contributed by atoms with Gasteiger partial charge in [0, 0.05) is 5.69 Å². The lowest BCUT2D eigenvalue weighted by Gasteiger charge is -2.18. The summed E-state index contributed by atoms with van der Waals surface area (Å²) in [4.78, 5) is 0. The van der Waals surface area contributed by atoms with E-state index in [2.05, 4.69) is 10.6 Å². The molecule has 122 valence electrons. The quantitative estimate of drug-likeness (QED) is 0.765. The SMILES string of the molecule is Cc1ccc(C(C)NC(=S)Nc2cccc(C(F)(F)F)c2)cc1. The highest BCUT2D eigenvalue weighted by atomic mass is 32.1. The van der Waals surface area contributed by atoms with Crippen LogP contribution in [0.3, 0.4) is 0 Å². The van der Waals surface area contributed by atoms with Gasteiger partial charge in [0.1, 0.15) is 0 Å². The van der Waals surface area contributed by atoms with Crippen molar-refractivity contribution in [3.05, 3.63) is 65.2 Å². The first-order valence-electron chi connectivity index (χ1n) is 7.07. The third kappa shape index (κ3) is 4.96. The van der Waals surface area contributed by atoms with Gasteiger partial charge in [0.15, 0.2) is 5.11 Å². The molecule has 2 N–H and O–H groups in total. The van der Waals surface area contributed by atoms with Gasteiger partial charge < -0.3 is 10.6 Å². The van der Waals surface area contributed by atoms with Gasteiger partial charge in [-0.15, -0.1) is 0 Å². The summed E-state index contributed by atoms with van der Waals surface area (Å²) in [6.07, 6.45) is -4.37. The number of halogens is 3. The molecule has 6 heteroatoms. The smallest absolute Gasteiger partial charge is 0.356 e. The van der Waals surface area contributed by atoms with E-state index in [-0.39, 0.29) is 11.2 Å². The Hall–Kier alpha value is -2.08. The average Bonchev–Trinajstić information content (AvgIpc) is 2.47. The number of hydrogen-bond donors (Lipinski definition) is 2. The van der Waals surface area contributed by atoms with Crippen molar-refractivity contribution in [2.45, 2.75) is 26.1 Å². The van der Waals surface area contributed by atoms with Crippen molar-refractivity contribution < 1.29 is 13.2 Å². The second-order valence-corrected chi connectivity index (χ2v) is 5.72. The summed E-state index contributed by atoms with van der Waals surface area (Å²) in [6, 6.07) is 12.9. The molecule has 0 aromatic heterocycles. The standard InChI is InChI=1S/C17H17F3N2S/c1-11-6-8-13(9-7-11)12(2)21-16(23)22-15-5-3-4-14(10-15)17(18,19)20/h3-10,12H,1-2H3,(H2,21,22,23). The predicted molar refractivity (Wildman–Crippen MR) is 90.4 cm³/mol. The van der Waals surface area contributed by atoms with Gasteiger partial charge in [-0.25, -0.2) is 0 Å². The van der Waals surface area contributed by atoms with Crippen LogP contribution in [-0.2, 0) is 6.18 Å². The number of nitrogens with one attached hydrogen (secondary N) is 2. The minimum atomic E-state index is -4.37. The van der Waals surface area contributed by atoms with Crippen molar-refractivity contribution in [1.29, 1.82) is 0 Å². The van der Waals surface area contributed by atoms with Gasteiger partial charge in [-0.3, -0.25) is 0 Å². The lowest BCUT2D eigenvalue weighted by molar-refractivity contribution is -0.137. The first-order valence-corrected chi connectivity index (χ1v) is 7.48. The van der Waals surface area contributed by atoms with E-state index in [0.29, 0.717) is 5.69 Å². The van der Waals surface area contributed by atoms with E-state index in [1.807, 2.05) is 38.1 Å². The molecule has 2 aromatic carbocycles. The number of thiocarbonyl (C=S) groups is 1. The second kappa shape index (κ2) is 7.00. The molecule has 0 fully saturated rings. The summed E-state index contributed by atoms with van der Waals surface area (Å²) in [5.74, 6) is 0. The monoisotopic (exact) mass is 338 g/mol. The Bertz CT molecular complexity index is 681. The summed E-state index contributed by atoms with van der Waals surface area (Å²) in [6.45, 7) is 3.94. The zero-order valence-electron chi connectivity index (χ0n) is 12.7. The van der Waals surface area contributed by atoms with Crippen LogP contribution in [0.15, 0.2) is 48.5 Å². The topological polar surface area (TPSA) is 24.1 Å². The first kappa shape index (κ1) is 17.3. The number of rotatable bonds is 3. The van der Waals surface area contributed by atoms with Crippen LogP contribution in [0.25, 0.3) is 0 Å². The number of alkyl halides is 3. The van der Waals surface area contributed by atoms with Gasteiger partial charge in [-0.05, 0) is 49.8 Å². The van der Waals surface area contributed by atoms with E-state index in [4.69, 9.17) is 12.2 Å². The van der Waals surface area contributed by atoms with Gasteiger partial charge in [0.05, 0.1) is 11.6 Å². The molecule has 0 aliphatic rings. The van der Waals surface area contributed by atoms with E-state index >= 15 is 0 Å². The number of aryl methyl sites for hydroxylation is 1. The summed E-state index contributed by atoms with van der Waals surface area (Å²) < 4.78 is 38.1. The molecule has 0 spiro atoms. The van der Waals surface area contributed by atoms with Crippen molar-refractivity contribution in [1.82, 2.24) is 5.32 Å². The molecule has 0 aliphatic carbocycles. The Balaban J connectivity index is 2.01. The molecule has 2 aromatic rings. The number of benzene rings is 2. The molecule has 0 heterocycles. The summed E-state index contributed by atoms with van der Waals surface area (Å²) in [5, 5.41) is 6.12. The molecule has 2 rings (SSSR count). The van der Waals surface area contributed by atoms with Crippen molar-refractivity contribution in [2.24, 2.45) is 0 Å². The number of anilines is 1. The Morgan fingerprint density at radius 3 is 2.35 bits per heavy atom. The maximum Gasteiger partial charge on any atom is 0.416 e. The molecular weight excluding hydrogens is 321 g/mol. The molecule has 0 saturated heterocycles. The summed E-state index contributed by atoms with van der Waals surface area (Å²) >= 11 is 5.17. The molecule has 2 nitrogen and oxygen atoms in total. The van der Waals surface area contributed by atoms with Crippen molar-refractivity contribution in [2.75, 3.05) is 5.32 Å². The Morgan fingerprint density at radius 2 is 1.74 bits per heavy atom. The third-order valence-electron chi connectivity index (χ3n) is 3.37. The van der Waals surface area contributed by atoms with E-state index in [1.54, 1.807) is 6.07 Å². The van der Waals surface area contributed by atoms with Gasteiger partial charge >= 0.3 is 6.18 Å². The average molecular weight is 338 g/mol. The van der Waals surface area contributed by atoms with Crippen LogP contribution in [0.4, 0.5) is 18.9 Å². The molecule has 0 radical (unpaired) electrons. The predicted octanol–water partition coefficient (Wildman–Crippen LogP) is 5.06. The lowest BCUT2D eigenvalue weighted by Crippen LogP contribution is -2.31. The molecule has 0 aliphatic heterocycles. The molecule has 1 atom stereocenters. The number of hydrogen-bond acceptors (Lipinski definition) is 1. The lowest BCUT2D eigenvalue weighted by atomic mass is 10.1. The van der Waals surface area contributed by atoms with E-state index in [9.17, 15) is 13.2 Å². The van der Waals surface area contributed by atoms with Crippen molar-refractivity contribution >= 4 is 23.0 Å². The molecule has 0 saturated carbocycles. The maximum absolute atomic E-state index is 12.7. The van der Waals surface area contributed by atoms with Crippen LogP contribution in [0.1, 0.15) is 29.7 Å². The van der Waals surface area contributed by atoms with Gasteiger partial charge in [-0.2, -0.15) is 13.2 Å². The van der Waals surface area contributed by atoms with E-state index < -0.39 is 11.7 Å². The fourth-order valence-electron chi connectivity index (χ4n) is 2.08. The molecule has 1 unspecified atom stereocenters. The van der Waals surface area contributed by atoms with Crippen molar-refractivity contribution in [3.63, 3.8) is 0 Å². The summed E-state index contributed by atoms with van der Waals surface area (Å²) in [5.41, 5.74) is 1.79. The van der Waals surface area contributed by atoms with Crippen LogP contribution in [-0.4, -0.2) is 5.11 Å². The highest BCUT2D eigenvalue weighted by Crippen LogP contribution is 2.30. The van der Waals surface area contributed by atoms with E-state index in [1.165, 1.54) is 6.07 Å². The zero-order chi connectivity index (χ0) is 17.0. The Morgan fingerprint density at radius 1 is 1.09 bits per heavy atom. The van der Waals surface area contributed by atoms with Crippen LogP contribution >= 0.6 is 12.2 Å². The molecule has 23 heavy (non-hydrogen) atoms. The van der Waals surface area contributed by atoms with Crippen LogP contribution in [0, 0.1) is 6.92 Å². The fourth-order valence-corrected chi connectivity index (χ4v) is 2.37. The van der Waals surface area contributed by atoms with Crippen LogP contribution in [0.2, 0.25) is 0 Å². The first-order chi connectivity index (χ1) is 10.8. The Labute approximate surface area is 138 Å². The normalized spacial score (nSPS) is 12.6. The minimum absolute atomic E-state index is 0.0543. The largest absolute Gasteiger partial charge is 0.416 e. The minimum Gasteiger partial charge on any atom is -0.356 e. The van der Waals surface area contributed by atoms with Crippen LogP contribution < -0.4 is 10.6 Å². The highest BCUT2D eigenvalue weighted by Gasteiger charge is 2.30. The van der Waals surface area contributed by atoms with Crippen LogP contribution in [0.5, 0.6) is 0 Å². The van der Waals surface area contributed by atoms with Gasteiger partial charge in [0.2, 0.25) is 0 Å².